The van der Waals surface area contributed by atoms with Crippen LogP contribution in [0.25, 0.3) is 0 Å². The van der Waals surface area contributed by atoms with Crippen LogP contribution in [0.2, 0.25) is 0 Å². The average Bonchev–Trinajstić information content (AvgIpc) is 2.67. The van der Waals surface area contributed by atoms with E-state index >= 15 is 0 Å². The summed E-state index contributed by atoms with van der Waals surface area (Å²) in [6.45, 7) is 1.92. The van der Waals surface area contributed by atoms with Gasteiger partial charge in [-0.05, 0) is 78.7 Å². The highest BCUT2D eigenvalue weighted by Crippen LogP contribution is 2.16. The summed E-state index contributed by atoms with van der Waals surface area (Å²) in [6, 6.07) is 20.9. The van der Waals surface area contributed by atoms with E-state index in [0.717, 1.165) is 22.6 Å². The van der Waals surface area contributed by atoms with Crippen molar-refractivity contribution in [2.75, 3.05) is 0 Å². The fourth-order valence-corrected chi connectivity index (χ4v) is 2.33. The molecule has 0 unspecified atom stereocenters. The predicted octanol–water partition coefficient (Wildman–Crippen LogP) is 5.36. The van der Waals surface area contributed by atoms with E-state index in [0.29, 0.717) is 12.2 Å². The fraction of sp³-hybridized carbons (Fsp3) is 0.0909. The summed E-state index contributed by atoms with van der Waals surface area (Å²) in [5.74, 6) is 0.516. The van der Waals surface area contributed by atoms with Gasteiger partial charge >= 0.3 is 0 Å². The topological polar surface area (TPSA) is 38.7 Å². The Bertz CT molecular complexity index is 898. The number of aliphatic imine (C=N–C) groups is 1. The van der Waals surface area contributed by atoms with E-state index in [9.17, 15) is 9.18 Å². The Labute approximate surface area is 151 Å². The number of carbonyl (C=O) groups is 1. The van der Waals surface area contributed by atoms with Gasteiger partial charge in [0.1, 0.15) is 18.2 Å². The molecule has 0 saturated carbocycles. The zero-order valence-corrected chi connectivity index (χ0v) is 14.4. The van der Waals surface area contributed by atoms with Crippen molar-refractivity contribution in [1.29, 1.82) is 0 Å². The summed E-state index contributed by atoms with van der Waals surface area (Å²) < 4.78 is 18.6. The van der Waals surface area contributed by atoms with Gasteiger partial charge in [-0.3, -0.25) is 9.79 Å². The van der Waals surface area contributed by atoms with E-state index in [1.165, 1.54) is 19.1 Å². The molecule has 3 nitrogen and oxygen atoms in total. The summed E-state index contributed by atoms with van der Waals surface area (Å²) in [4.78, 5) is 15.7. The third-order valence-corrected chi connectivity index (χ3v) is 3.84. The van der Waals surface area contributed by atoms with Crippen LogP contribution < -0.4 is 4.74 Å². The van der Waals surface area contributed by atoms with Crippen LogP contribution in [0.15, 0.2) is 77.8 Å². The molecule has 0 heterocycles. The minimum Gasteiger partial charge on any atom is -0.489 e. The fourth-order valence-electron chi connectivity index (χ4n) is 2.33. The maximum absolute atomic E-state index is 12.9. The third kappa shape index (κ3) is 4.86. The van der Waals surface area contributed by atoms with Gasteiger partial charge < -0.3 is 4.74 Å². The number of hydrogen-bond acceptors (Lipinski definition) is 3. The van der Waals surface area contributed by atoms with Crippen molar-refractivity contribution in [1.82, 2.24) is 0 Å². The van der Waals surface area contributed by atoms with Crippen molar-refractivity contribution in [3.05, 3.63) is 95.3 Å². The van der Waals surface area contributed by atoms with Crippen LogP contribution in [0.4, 0.5) is 10.1 Å². The van der Waals surface area contributed by atoms with Crippen LogP contribution in [0.3, 0.4) is 0 Å². The van der Waals surface area contributed by atoms with Gasteiger partial charge in [0.15, 0.2) is 5.78 Å². The molecule has 26 heavy (non-hydrogen) atoms. The molecule has 0 spiro atoms. The van der Waals surface area contributed by atoms with Crippen molar-refractivity contribution in [2.45, 2.75) is 13.5 Å². The van der Waals surface area contributed by atoms with Crippen LogP contribution in [0.5, 0.6) is 5.75 Å². The molecule has 3 rings (SSSR count). The Morgan fingerprint density at radius 3 is 2.23 bits per heavy atom. The van der Waals surface area contributed by atoms with E-state index in [1.807, 2.05) is 36.4 Å². The molecule has 0 aliphatic rings. The molecule has 0 saturated heterocycles. The molecule has 3 aromatic carbocycles. The second-order valence-electron chi connectivity index (χ2n) is 5.85. The first kappa shape index (κ1) is 17.5. The van der Waals surface area contributed by atoms with Gasteiger partial charge in [0.25, 0.3) is 0 Å². The van der Waals surface area contributed by atoms with Gasteiger partial charge in [0.05, 0.1) is 5.69 Å². The van der Waals surface area contributed by atoms with Gasteiger partial charge in [0, 0.05) is 11.8 Å². The molecule has 4 heteroatoms. The van der Waals surface area contributed by atoms with Crippen LogP contribution in [-0.2, 0) is 6.61 Å². The maximum atomic E-state index is 12.9. The minimum absolute atomic E-state index is 0.0387. The Balaban J connectivity index is 1.58. The number of ether oxygens (including phenoxy) is 1. The summed E-state index contributed by atoms with van der Waals surface area (Å²) in [6.07, 6.45) is 1.76. The number of carbonyl (C=O) groups excluding carboxylic acids is 1. The monoisotopic (exact) mass is 347 g/mol. The minimum atomic E-state index is -0.256. The van der Waals surface area contributed by atoms with E-state index in [4.69, 9.17) is 4.74 Å². The van der Waals surface area contributed by atoms with E-state index < -0.39 is 0 Å². The van der Waals surface area contributed by atoms with Gasteiger partial charge in [-0.15, -0.1) is 0 Å². The molecular formula is C22H18FNO2. The number of nitrogens with zero attached hydrogens (tertiary/aromatic N) is 1. The molecule has 0 aromatic heterocycles. The van der Waals surface area contributed by atoms with Crippen LogP contribution >= 0.6 is 0 Å². The van der Waals surface area contributed by atoms with Gasteiger partial charge in [-0.25, -0.2) is 4.39 Å². The zero-order chi connectivity index (χ0) is 18.4. The summed E-state index contributed by atoms with van der Waals surface area (Å²) in [5.41, 5.74) is 3.30. The van der Waals surface area contributed by atoms with Crippen LogP contribution in [0.1, 0.15) is 28.4 Å². The van der Waals surface area contributed by atoms with Crippen molar-refractivity contribution in [2.24, 2.45) is 4.99 Å². The highest BCUT2D eigenvalue weighted by Gasteiger charge is 1.99. The summed E-state index contributed by atoms with van der Waals surface area (Å²) in [5, 5.41) is 0. The Hall–Kier alpha value is -3.27. The normalized spacial score (nSPS) is 10.8. The standard InChI is InChI=1S/C22H18FNO2/c1-16(25)19-6-10-21(11-7-19)24-14-17-4-12-22(13-5-17)26-15-18-2-8-20(23)9-3-18/h2-14H,15H2,1H3/b24-14+. The van der Waals surface area contributed by atoms with E-state index in [2.05, 4.69) is 4.99 Å². The SMILES string of the molecule is CC(=O)c1ccc(/N=C/c2ccc(OCc3ccc(F)cc3)cc2)cc1. The number of ketones is 1. The maximum Gasteiger partial charge on any atom is 0.159 e. The number of benzene rings is 3. The molecule has 0 N–H and O–H groups in total. The zero-order valence-electron chi connectivity index (χ0n) is 14.4. The lowest BCUT2D eigenvalue weighted by atomic mass is 10.1. The van der Waals surface area contributed by atoms with E-state index in [1.54, 1.807) is 30.5 Å². The first-order valence-electron chi connectivity index (χ1n) is 8.22. The van der Waals surface area contributed by atoms with Gasteiger partial charge in [0.2, 0.25) is 0 Å². The first-order chi connectivity index (χ1) is 12.6. The Kier molecular flexibility index (Phi) is 5.54. The van der Waals surface area contributed by atoms with E-state index in [-0.39, 0.29) is 11.6 Å². The molecule has 0 fully saturated rings. The van der Waals surface area contributed by atoms with Gasteiger partial charge in [-0.2, -0.15) is 0 Å². The lowest BCUT2D eigenvalue weighted by molar-refractivity contribution is 0.101. The van der Waals surface area contributed by atoms with Crippen LogP contribution in [0, 0.1) is 5.82 Å². The number of halogens is 1. The number of rotatable bonds is 6. The molecule has 0 radical (unpaired) electrons. The second kappa shape index (κ2) is 8.21. The highest BCUT2D eigenvalue weighted by molar-refractivity contribution is 5.94. The molecule has 130 valence electrons. The third-order valence-electron chi connectivity index (χ3n) is 3.84. The molecule has 3 aromatic rings. The van der Waals surface area contributed by atoms with Gasteiger partial charge in [-0.1, -0.05) is 12.1 Å². The molecule has 0 aliphatic heterocycles. The lowest BCUT2D eigenvalue weighted by Crippen LogP contribution is -1.95. The van der Waals surface area contributed by atoms with Crippen molar-refractivity contribution in [3.8, 4) is 5.75 Å². The summed E-state index contributed by atoms with van der Waals surface area (Å²) in [7, 11) is 0. The number of hydrogen-bond donors (Lipinski definition) is 0. The second-order valence-corrected chi connectivity index (χ2v) is 5.85. The smallest absolute Gasteiger partial charge is 0.159 e. The molecule has 0 atom stereocenters. The Morgan fingerprint density at radius 2 is 1.62 bits per heavy atom. The average molecular weight is 347 g/mol. The summed E-state index contributed by atoms with van der Waals surface area (Å²) >= 11 is 0. The van der Waals surface area contributed by atoms with Crippen molar-refractivity contribution < 1.29 is 13.9 Å². The first-order valence-corrected chi connectivity index (χ1v) is 8.22. The molecular weight excluding hydrogens is 329 g/mol. The predicted molar refractivity (Wildman–Crippen MR) is 101 cm³/mol. The van der Waals surface area contributed by atoms with Crippen molar-refractivity contribution >= 4 is 17.7 Å². The van der Waals surface area contributed by atoms with Crippen LogP contribution in [-0.4, -0.2) is 12.0 Å². The molecule has 0 bridgehead atoms. The largest absolute Gasteiger partial charge is 0.489 e. The highest BCUT2D eigenvalue weighted by atomic mass is 19.1. The molecule has 0 amide bonds. The Morgan fingerprint density at radius 1 is 0.962 bits per heavy atom. The van der Waals surface area contributed by atoms with Crippen molar-refractivity contribution in [3.63, 3.8) is 0 Å². The molecule has 0 aliphatic carbocycles. The quantitative estimate of drug-likeness (QED) is 0.445. The lowest BCUT2D eigenvalue weighted by Gasteiger charge is -2.06. The number of Topliss-reactive ketones (excluding diaryl/α,β-unsaturated/α-hetero) is 1.